The summed E-state index contributed by atoms with van der Waals surface area (Å²) >= 11 is 0. The number of carbonyl (C=O) groups excluding carboxylic acids is 2. The molecule has 0 heterocycles. The molecule has 0 rings (SSSR count). The molecule has 14 heavy (non-hydrogen) atoms. The van der Waals surface area contributed by atoms with Gasteiger partial charge in [0.05, 0.1) is 0 Å². The number of halogens is 3. The minimum atomic E-state index is -5.03. The summed E-state index contributed by atoms with van der Waals surface area (Å²) in [4.78, 5) is 20.4. The molecule has 7 heteroatoms. The molecule has 0 aromatic carbocycles. The monoisotopic (exact) mass is 212 g/mol. The molecule has 0 radical (unpaired) electrons. The highest BCUT2D eigenvalue weighted by Gasteiger charge is 2.40. The van der Waals surface area contributed by atoms with Crippen LogP contribution < -0.4 is 0 Å². The van der Waals surface area contributed by atoms with Crippen molar-refractivity contribution in [2.45, 2.75) is 6.18 Å². The average molecular weight is 212 g/mol. The van der Waals surface area contributed by atoms with E-state index in [0.717, 1.165) is 6.08 Å². The van der Waals surface area contributed by atoms with Gasteiger partial charge in [0.2, 0.25) is 0 Å². The predicted octanol–water partition coefficient (Wildman–Crippen LogP) is 0.821. The first-order valence-corrected chi connectivity index (χ1v) is 3.41. The molecule has 0 aromatic rings. The van der Waals surface area contributed by atoms with Crippen molar-refractivity contribution >= 4 is 11.9 Å². The Morgan fingerprint density at radius 3 is 2.14 bits per heavy atom. The van der Waals surface area contributed by atoms with Gasteiger partial charge in [-0.1, -0.05) is 6.58 Å². The lowest BCUT2D eigenvalue weighted by Crippen LogP contribution is -2.26. The number of ether oxygens (including phenoxy) is 2. The third-order valence-electron chi connectivity index (χ3n) is 0.959. The van der Waals surface area contributed by atoms with Crippen LogP contribution in [0.15, 0.2) is 12.7 Å². The summed E-state index contributed by atoms with van der Waals surface area (Å²) in [5.74, 6) is -3.11. The lowest BCUT2D eigenvalue weighted by Gasteiger charge is -2.06. The Morgan fingerprint density at radius 2 is 1.71 bits per heavy atom. The van der Waals surface area contributed by atoms with Gasteiger partial charge in [-0.2, -0.15) is 13.2 Å². The van der Waals surface area contributed by atoms with Crippen LogP contribution in [-0.4, -0.2) is 31.3 Å². The van der Waals surface area contributed by atoms with Crippen LogP contribution in [0.25, 0.3) is 0 Å². The summed E-state index contributed by atoms with van der Waals surface area (Å²) in [6.45, 7) is 1.97. The van der Waals surface area contributed by atoms with Crippen molar-refractivity contribution in [1.29, 1.82) is 0 Å². The standard InChI is InChI=1S/C7H7F3O4/c1-2-5(11)13-3-4-14-6(12)7(8,9)10/h2H,1,3-4H2. The second-order valence-corrected chi connectivity index (χ2v) is 2.01. The van der Waals surface area contributed by atoms with Gasteiger partial charge < -0.3 is 9.47 Å². The van der Waals surface area contributed by atoms with Crippen molar-refractivity contribution < 1.29 is 32.2 Å². The highest BCUT2D eigenvalue weighted by Crippen LogP contribution is 2.15. The maximum Gasteiger partial charge on any atom is 0.490 e. The Labute approximate surface area is 77.3 Å². The number of hydrogen-bond donors (Lipinski definition) is 0. The Kier molecular flexibility index (Phi) is 4.68. The highest BCUT2D eigenvalue weighted by molar-refractivity contribution is 5.81. The van der Waals surface area contributed by atoms with Gasteiger partial charge >= 0.3 is 18.1 Å². The van der Waals surface area contributed by atoms with E-state index in [2.05, 4.69) is 16.1 Å². The summed E-state index contributed by atoms with van der Waals surface area (Å²) in [6, 6.07) is 0. The normalized spacial score (nSPS) is 10.5. The van der Waals surface area contributed by atoms with Crippen molar-refractivity contribution in [3.05, 3.63) is 12.7 Å². The summed E-state index contributed by atoms with van der Waals surface area (Å²) in [6.07, 6.45) is -4.19. The van der Waals surface area contributed by atoms with Gasteiger partial charge in [0, 0.05) is 6.08 Å². The lowest BCUT2D eigenvalue weighted by molar-refractivity contribution is -0.200. The van der Waals surface area contributed by atoms with E-state index in [1.54, 1.807) is 0 Å². The van der Waals surface area contributed by atoms with Crippen molar-refractivity contribution in [1.82, 2.24) is 0 Å². The SMILES string of the molecule is C=CC(=O)OCCOC(=O)C(F)(F)F. The van der Waals surface area contributed by atoms with Crippen LogP contribution >= 0.6 is 0 Å². The largest absolute Gasteiger partial charge is 0.490 e. The first kappa shape index (κ1) is 12.5. The van der Waals surface area contributed by atoms with Gasteiger partial charge in [0.15, 0.2) is 0 Å². The molecule has 0 spiro atoms. The Morgan fingerprint density at radius 1 is 1.21 bits per heavy atom. The van der Waals surface area contributed by atoms with Crippen molar-refractivity contribution in [3.63, 3.8) is 0 Å². The highest BCUT2D eigenvalue weighted by atomic mass is 19.4. The van der Waals surface area contributed by atoms with E-state index in [0.29, 0.717) is 0 Å². The molecule has 0 amide bonds. The summed E-state index contributed by atoms with van der Waals surface area (Å²) < 4.78 is 42.5. The van der Waals surface area contributed by atoms with E-state index in [4.69, 9.17) is 0 Å². The van der Waals surface area contributed by atoms with Crippen LogP contribution in [0.3, 0.4) is 0 Å². The van der Waals surface area contributed by atoms with E-state index < -0.39 is 31.3 Å². The maximum atomic E-state index is 11.5. The van der Waals surface area contributed by atoms with Crippen LogP contribution in [0.4, 0.5) is 13.2 Å². The molecule has 0 N–H and O–H groups in total. The minimum Gasteiger partial charge on any atom is -0.459 e. The van der Waals surface area contributed by atoms with E-state index >= 15 is 0 Å². The lowest BCUT2D eigenvalue weighted by atomic mass is 10.6. The van der Waals surface area contributed by atoms with Gasteiger partial charge in [-0.15, -0.1) is 0 Å². The number of esters is 2. The second-order valence-electron chi connectivity index (χ2n) is 2.01. The summed E-state index contributed by atoms with van der Waals surface area (Å²) in [5.41, 5.74) is 0. The molecule has 4 nitrogen and oxygen atoms in total. The van der Waals surface area contributed by atoms with Crippen molar-refractivity contribution in [2.75, 3.05) is 13.2 Å². The van der Waals surface area contributed by atoms with Crippen LogP contribution in [0, 0.1) is 0 Å². The third kappa shape index (κ3) is 5.18. The van der Waals surface area contributed by atoms with E-state index in [9.17, 15) is 22.8 Å². The second kappa shape index (κ2) is 5.25. The zero-order valence-corrected chi connectivity index (χ0v) is 6.97. The Hall–Kier alpha value is -1.53. The van der Waals surface area contributed by atoms with E-state index in [1.165, 1.54) is 0 Å². The van der Waals surface area contributed by atoms with Gasteiger partial charge in [0.1, 0.15) is 13.2 Å². The smallest absolute Gasteiger partial charge is 0.459 e. The van der Waals surface area contributed by atoms with Gasteiger partial charge in [-0.05, 0) is 0 Å². The molecule has 80 valence electrons. The fourth-order valence-corrected chi connectivity index (χ4v) is 0.417. The maximum absolute atomic E-state index is 11.5. The van der Waals surface area contributed by atoms with E-state index in [-0.39, 0.29) is 0 Å². The Balaban J connectivity index is 3.61. The molecule has 0 saturated carbocycles. The number of carbonyl (C=O) groups is 2. The average Bonchev–Trinajstić information content (AvgIpc) is 2.09. The molecule has 0 bridgehead atoms. The van der Waals surface area contributed by atoms with Gasteiger partial charge in [-0.3, -0.25) is 0 Å². The summed E-state index contributed by atoms with van der Waals surface area (Å²) in [5, 5.41) is 0. The minimum absolute atomic E-state index is 0.438. The van der Waals surface area contributed by atoms with Crippen LogP contribution in [0.2, 0.25) is 0 Å². The number of rotatable bonds is 4. The predicted molar refractivity (Wildman–Crippen MR) is 38.2 cm³/mol. The van der Waals surface area contributed by atoms with Crippen LogP contribution in [0.5, 0.6) is 0 Å². The topological polar surface area (TPSA) is 52.6 Å². The molecule has 0 atom stereocenters. The fraction of sp³-hybridized carbons (Fsp3) is 0.429. The molecular formula is C7H7F3O4. The Bertz CT molecular complexity index is 234. The van der Waals surface area contributed by atoms with Crippen LogP contribution in [0.1, 0.15) is 0 Å². The molecule has 0 aliphatic carbocycles. The molecule has 0 unspecified atom stereocenters. The number of alkyl halides is 3. The quantitative estimate of drug-likeness (QED) is 0.393. The first-order chi connectivity index (χ1) is 6.38. The molecular weight excluding hydrogens is 205 g/mol. The summed E-state index contributed by atoms with van der Waals surface area (Å²) in [7, 11) is 0. The van der Waals surface area contributed by atoms with E-state index in [1.807, 2.05) is 0 Å². The molecule has 0 aliphatic heterocycles. The molecule has 0 aliphatic rings. The zero-order chi connectivity index (χ0) is 11.2. The fourth-order valence-electron chi connectivity index (χ4n) is 0.417. The van der Waals surface area contributed by atoms with Crippen molar-refractivity contribution in [3.8, 4) is 0 Å². The van der Waals surface area contributed by atoms with Crippen molar-refractivity contribution in [2.24, 2.45) is 0 Å². The first-order valence-electron chi connectivity index (χ1n) is 3.41. The molecule has 0 fully saturated rings. The third-order valence-corrected chi connectivity index (χ3v) is 0.959. The van der Waals surface area contributed by atoms with Crippen LogP contribution in [-0.2, 0) is 19.1 Å². The molecule has 0 saturated heterocycles. The zero-order valence-electron chi connectivity index (χ0n) is 6.97. The van der Waals surface area contributed by atoms with Gasteiger partial charge in [-0.25, -0.2) is 9.59 Å². The molecule has 0 aromatic heterocycles. The van der Waals surface area contributed by atoms with Gasteiger partial charge in [0.25, 0.3) is 0 Å². The number of hydrogen-bond acceptors (Lipinski definition) is 4.